The Bertz CT molecular complexity index is 866. The summed E-state index contributed by atoms with van der Waals surface area (Å²) in [4.78, 5) is 22.0. The summed E-state index contributed by atoms with van der Waals surface area (Å²) in [6, 6.07) is 10.7. The lowest BCUT2D eigenvalue weighted by atomic mass is 9.97. The largest absolute Gasteiger partial charge is 0.339 e. The maximum absolute atomic E-state index is 12.9. The summed E-state index contributed by atoms with van der Waals surface area (Å²) < 4.78 is 23.5. The van der Waals surface area contributed by atoms with E-state index < -0.39 is 9.84 Å². The molecule has 7 nitrogen and oxygen atoms in total. The minimum Gasteiger partial charge on any atom is -0.339 e. The lowest BCUT2D eigenvalue weighted by Crippen LogP contribution is -2.60. The van der Waals surface area contributed by atoms with Gasteiger partial charge in [-0.3, -0.25) is 19.5 Å². The highest BCUT2D eigenvalue weighted by Crippen LogP contribution is 2.24. The van der Waals surface area contributed by atoms with Gasteiger partial charge in [-0.1, -0.05) is 30.3 Å². The van der Waals surface area contributed by atoms with Gasteiger partial charge in [0.2, 0.25) is 5.91 Å². The zero-order chi connectivity index (χ0) is 22.1. The van der Waals surface area contributed by atoms with Crippen LogP contribution in [0.2, 0.25) is 0 Å². The minimum atomic E-state index is -2.86. The van der Waals surface area contributed by atoms with Crippen LogP contribution in [0.15, 0.2) is 30.3 Å². The first kappa shape index (κ1) is 22.7. The van der Waals surface area contributed by atoms with Crippen molar-refractivity contribution in [1.29, 1.82) is 0 Å². The number of hydrogen-bond acceptors (Lipinski definition) is 6. The molecule has 172 valence electrons. The molecule has 4 rings (SSSR count). The molecule has 8 heteroatoms. The second kappa shape index (κ2) is 9.17. The average molecular weight is 449 g/mol. The highest BCUT2D eigenvalue weighted by atomic mass is 32.2. The third-order valence-electron chi connectivity index (χ3n) is 7.12. The molecule has 1 unspecified atom stereocenters. The van der Waals surface area contributed by atoms with E-state index in [1.54, 1.807) is 0 Å². The molecule has 0 aromatic heterocycles. The standard InChI is InChI=1S/C23H36N4O3S/c1-23(2)19-24(9-14-27(23)16-20-6-4-3-5-7-20)17-22(28)26-12-10-25(11-13-26)21-8-15-31(29,30)18-21/h3-7,21H,8-19H2,1-2H3. The summed E-state index contributed by atoms with van der Waals surface area (Å²) in [5.74, 6) is 0.789. The van der Waals surface area contributed by atoms with Crippen LogP contribution < -0.4 is 0 Å². The van der Waals surface area contributed by atoms with Gasteiger partial charge in [-0.15, -0.1) is 0 Å². The zero-order valence-electron chi connectivity index (χ0n) is 18.9. The molecule has 0 aliphatic carbocycles. The van der Waals surface area contributed by atoms with Crippen LogP contribution in [-0.2, 0) is 21.2 Å². The molecule has 3 heterocycles. The van der Waals surface area contributed by atoms with E-state index in [0.29, 0.717) is 25.4 Å². The number of sulfone groups is 1. The van der Waals surface area contributed by atoms with Gasteiger partial charge < -0.3 is 4.90 Å². The predicted molar refractivity (Wildman–Crippen MR) is 123 cm³/mol. The summed E-state index contributed by atoms with van der Waals surface area (Å²) in [7, 11) is -2.86. The Morgan fingerprint density at radius 2 is 1.74 bits per heavy atom. The third kappa shape index (κ3) is 5.66. The van der Waals surface area contributed by atoms with Gasteiger partial charge in [0.1, 0.15) is 0 Å². The summed E-state index contributed by atoms with van der Waals surface area (Å²) in [5.41, 5.74) is 1.34. The van der Waals surface area contributed by atoms with E-state index in [0.717, 1.165) is 45.7 Å². The van der Waals surface area contributed by atoms with Crippen molar-refractivity contribution in [3.8, 4) is 0 Å². The Morgan fingerprint density at radius 3 is 2.35 bits per heavy atom. The molecule has 31 heavy (non-hydrogen) atoms. The Hall–Kier alpha value is -1.48. The molecule has 0 saturated carbocycles. The van der Waals surface area contributed by atoms with Crippen LogP contribution in [0, 0.1) is 0 Å². The van der Waals surface area contributed by atoms with E-state index in [1.807, 2.05) is 11.0 Å². The maximum Gasteiger partial charge on any atom is 0.236 e. The zero-order valence-corrected chi connectivity index (χ0v) is 19.7. The van der Waals surface area contributed by atoms with Crippen LogP contribution in [0.5, 0.6) is 0 Å². The number of amides is 1. The number of rotatable bonds is 5. The fourth-order valence-corrected chi connectivity index (χ4v) is 6.98. The Balaban J connectivity index is 1.24. The van der Waals surface area contributed by atoms with Crippen molar-refractivity contribution in [2.45, 2.75) is 38.4 Å². The summed E-state index contributed by atoms with van der Waals surface area (Å²) >= 11 is 0. The quantitative estimate of drug-likeness (QED) is 0.667. The van der Waals surface area contributed by atoms with Crippen LogP contribution in [0.4, 0.5) is 0 Å². The number of carbonyl (C=O) groups excluding carboxylic acids is 1. The molecule has 0 spiro atoms. The molecule has 3 saturated heterocycles. The SMILES string of the molecule is CC1(C)CN(CC(=O)N2CCN(C3CCS(=O)(=O)C3)CC2)CCN1Cc1ccccc1. The lowest BCUT2D eigenvalue weighted by molar-refractivity contribution is -0.135. The third-order valence-corrected chi connectivity index (χ3v) is 8.87. The van der Waals surface area contributed by atoms with Crippen molar-refractivity contribution in [1.82, 2.24) is 19.6 Å². The molecule has 0 bridgehead atoms. The molecule has 0 N–H and O–H groups in total. The summed E-state index contributed by atoms with van der Waals surface area (Å²) in [5, 5.41) is 0. The van der Waals surface area contributed by atoms with Gasteiger partial charge in [0.05, 0.1) is 18.1 Å². The second-order valence-corrected chi connectivity index (χ2v) is 12.1. The smallest absolute Gasteiger partial charge is 0.236 e. The van der Waals surface area contributed by atoms with Crippen molar-refractivity contribution in [2.75, 3.05) is 63.9 Å². The maximum atomic E-state index is 12.9. The number of benzene rings is 1. The van der Waals surface area contributed by atoms with Gasteiger partial charge in [0, 0.05) is 63.9 Å². The predicted octanol–water partition coefficient (Wildman–Crippen LogP) is 0.914. The van der Waals surface area contributed by atoms with Crippen molar-refractivity contribution >= 4 is 15.7 Å². The second-order valence-electron chi connectivity index (χ2n) is 9.90. The number of piperazine rings is 2. The van der Waals surface area contributed by atoms with Crippen molar-refractivity contribution < 1.29 is 13.2 Å². The van der Waals surface area contributed by atoms with Crippen molar-refractivity contribution in [2.24, 2.45) is 0 Å². The fourth-order valence-electron chi connectivity index (χ4n) is 5.21. The molecule has 3 aliphatic heterocycles. The first-order valence-electron chi connectivity index (χ1n) is 11.5. The first-order chi connectivity index (χ1) is 14.7. The van der Waals surface area contributed by atoms with Crippen LogP contribution in [0.3, 0.4) is 0 Å². The molecule has 3 aliphatic rings. The van der Waals surface area contributed by atoms with Gasteiger partial charge in [0.25, 0.3) is 0 Å². The Labute approximate surface area is 186 Å². The molecule has 3 fully saturated rings. The number of nitrogens with zero attached hydrogens (tertiary/aromatic N) is 4. The topological polar surface area (TPSA) is 64.2 Å². The van der Waals surface area contributed by atoms with Gasteiger partial charge >= 0.3 is 0 Å². The van der Waals surface area contributed by atoms with Crippen molar-refractivity contribution in [3.05, 3.63) is 35.9 Å². The van der Waals surface area contributed by atoms with Crippen LogP contribution in [0.1, 0.15) is 25.8 Å². The number of carbonyl (C=O) groups is 1. The summed E-state index contributed by atoms with van der Waals surface area (Å²) in [6.45, 7) is 11.6. The molecular weight excluding hydrogens is 412 g/mol. The monoisotopic (exact) mass is 448 g/mol. The van der Waals surface area contributed by atoms with Crippen LogP contribution in [0.25, 0.3) is 0 Å². The average Bonchev–Trinajstić information content (AvgIpc) is 3.10. The van der Waals surface area contributed by atoms with E-state index in [-0.39, 0.29) is 23.2 Å². The van der Waals surface area contributed by atoms with Gasteiger partial charge in [0.15, 0.2) is 9.84 Å². The molecule has 1 aromatic rings. The lowest BCUT2D eigenvalue weighted by Gasteiger charge is -2.47. The van der Waals surface area contributed by atoms with E-state index in [9.17, 15) is 13.2 Å². The van der Waals surface area contributed by atoms with Gasteiger partial charge in [-0.25, -0.2) is 8.42 Å². The number of hydrogen-bond donors (Lipinski definition) is 0. The van der Waals surface area contributed by atoms with Crippen LogP contribution >= 0.6 is 0 Å². The Morgan fingerprint density at radius 1 is 1.03 bits per heavy atom. The summed E-state index contributed by atoms with van der Waals surface area (Å²) in [6.07, 6.45) is 0.735. The van der Waals surface area contributed by atoms with Crippen LogP contribution in [-0.4, -0.2) is 109 Å². The van der Waals surface area contributed by atoms with E-state index >= 15 is 0 Å². The van der Waals surface area contributed by atoms with Crippen molar-refractivity contribution in [3.63, 3.8) is 0 Å². The highest BCUT2D eigenvalue weighted by Gasteiger charge is 2.36. The Kier molecular flexibility index (Phi) is 6.72. The molecule has 0 radical (unpaired) electrons. The molecule has 1 amide bonds. The van der Waals surface area contributed by atoms with Gasteiger partial charge in [-0.2, -0.15) is 0 Å². The van der Waals surface area contributed by atoms with E-state index in [2.05, 4.69) is 52.8 Å². The van der Waals surface area contributed by atoms with Gasteiger partial charge in [-0.05, 0) is 25.8 Å². The molecular formula is C23H36N4O3S. The minimum absolute atomic E-state index is 0.0149. The first-order valence-corrected chi connectivity index (χ1v) is 13.3. The fraction of sp³-hybridized carbons (Fsp3) is 0.696. The molecule has 1 aromatic carbocycles. The normalized spacial score (nSPS) is 27.4. The van der Waals surface area contributed by atoms with E-state index in [1.165, 1.54) is 5.56 Å². The van der Waals surface area contributed by atoms with E-state index in [4.69, 9.17) is 0 Å². The highest BCUT2D eigenvalue weighted by molar-refractivity contribution is 7.91. The molecule has 1 atom stereocenters.